The smallest absolute Gasteiger partial charge is 0.200 e. The molecule has 0 fully saturated rings. The van der Waals surface area contributed by atoms with Crippen LogP contribution in [0.1, 0.15) is 0 Å². The van der Waals surface area contributed by atoms with Crippen molar-refractivity contribution in [3.8, 4) is 0 Å². The van der Waals surface area contributed by atoms with Gasteiger partial charge in [-0.15, -0.1) is 16.4 Å². The minimum absolute atomic E-state index is 0.0590. The van der Waals surface area contributed by atoms with Gasteiger partial charge in [-0.2, -0.15) is 5.46 Å². The van der Waals surface area contributed by atoms with Crippen LogP contribution in [0.5, 0.6) is 0 Å². The van der Waals surface area contributed by atoms with E-state index in [4.69, 9.17) is 0 Å². The van der Waals surface area contributed by atoms with Crippen molar-refractivity contribution in [3.05, 3.63) is 117 Å². The molecule has 0 aliphatic rings. The van der Waals surface area contributed by atoms with E-state index in [9.17, 15) is 43.9 Å². The van der Waals surface area contributed by atoms with Crippen LogP contribution < -0.4 is 21.9 Å². The SMILES string of the molecule is Fc1ccc([B-](c2c(F)c(F)c(F)c(F)c2F)(c2c(F)c(F)c(F)c(F)c2F)c2c(F)c(F)c(F)c(F)c2F)cc1. The summed E-state index contributed by atoms with van der Waals surface area (Å²) < 4.78 is 234. The Morgan fingerprint density at radius 3 is 0.683 bits per heavy atom. The summed E-state index contributed by atoms with van der Waals surface area (Å²) in [5, 5.41) is 0. The number of hydrogen-bond acceptors (Lipinski definition) is 0. The number of hydrogen-bond donors (Lipinski definition) is 0. The van der Waals surface area contributed by atoms with E-state index >= 15 is 26.3 Å². The highest BCUT2D eigenvalue weighted by molar-refractivity contribution is 7.20. The van der Waals surface area contributed by atoms with Crippen LogP contribution in [-0.2, 0) is 0 Å². The van der Waals surface area contributed by atoms with Crippen LogP contribution in [0, 0.1) is 93.1 Å². The van der Waals surface area contributed by atoms with Gasteiger partial charge in [-0.3, -0.25) is 0 Å². The van der Waals surface area contributed by atoms with E-state index in [1.165, 1.54) is 0 Å². The summed E-state index contributed by atoms with van der Waals surface area (Å²) in [7, 11) is 0. The zero-order chi connectivity index (χ0) is 30.9. The van der Waals surface area contributed by atoms with E-state index < -0.39 is 121 Å². The lowest BCUT2D eigenvalue weighted by Gasteiger charge is -2.44. The molecule has 0 N–H and O–H groups in total. The van der Waals surface area contributed by atoms with E-state index in [1.54, 1.807) is 0 Å². The molecule has 0 aliphatic heterocycles. The van der Waals surface area contributed by atoms with E-state index in [2.05, 4.69) is 0 Å². The van der Waals surface area contributed by atoms with Gasteiger partial charge in [0, 0.05) is 0 Å². The molecule has 0 unspecified atom stereocenters. The van der Waals surface area contributed by atoms with Gasteiger partial charge in [-0.1, -0.05) is 12.1 Å². The van der Waals surface area contributed by atoms with E-state index in [1.807, 2.05) is 0 Å². The van der Waals surface area contributed by atoms with Gasteiger partial charge in [0.25, 0.3) is 0 Å². The van der Waals surface area contributed by atoms with Crippen molar-refractivity contribution in [1.82, 2.24) is 0 Å². The molecule has 0 bridgehead atoms. The van der Waals surface area contributed by atoms with Crippen LogP contribution in [0.25, 0.3) is 0 Å². The van der Waals surface area contributed by atoms with E-state index in [-0.39, 0.29) is 24.3 Å². The molecule has 0 aliphatic carbocycles. The largest absolute Gasteiger partial charge is 0.207 e. The Morgan fingerprint density at radius 1 is 0.268 bits per heavy atom. The van der Waals surface area contributed by atoms with Crippen molar-refractivity contribution >= 4 is 28.0 Å². The summed E-state index contributed by atoms with van der Waals surface area (Å²) in [6.07, 6.45) is -5.90. The highest BCUT2D eigenvalue weighted by Gasteiger charge is 2.48. The van der Waals surface area contributed by atoms with Gasteiger partial charge in [0.2, 0.25) is 0 Å². The number of benzene rings is 4. The lowest BCUT2D eigenvalue weighted by atomic mass is 9.12. The molecule has 0 spiro atoms. The van der Waals surface area contributed by atoms with Crippen LogP contribution in [0.4, 0.5) is 70.2 Å². The number of halogens is 16. The molecule has 4 rings (SSSR count). The van der Waals surface area contributed by atoms with Gasteiger partial charge in [0.15, 0.2) is 52.4 Å². The second-order valence-electron chi connectivity index (χ2n) is 8.37. The molecule has 4 aromatic rings. The van der Waals surface area contributed by atoms with Crippen LogP contribution in [0.15, 0.2) is 24.3 Å². The molecule has 41 heavy (non-hydrogen) atoms. The second-order valence-corrected chi connectivity index (χ2v) is 8.37. The predicted octanol–water partition coefficient (Wildman–Crippen LogP) is 5.29. The molecule has 216 valence electrons. The molecular formula is C24H4BF16-. The van der Waals surface area contributed by atoms with Gasteiger partial charge >= 0.3 is 0 Å². The number of rotatable bonds is 4. The fourth-order valence-electron chi connectivity index (χ4n) is 4.69. The third-order valence-electron chi connectivity index (χ3n) is 6.40. The van der Waals surface area contributed by atoms with Gasteiger partial charge in [-0.05, 0) is 12.1 Å². The van der Waals surface area contributed by atoms with Crippen LogP contribution in [0.2, 0.25) is 0 Å². The van der Waals surface area contributed by atoms with Gasteiger partial charge in [0.1, 0.15) is 46.9 Å². The van der Waals surface area contributed by atoms with Crippen molar-refractivity contribution in [2.24, 2.45) is 0 Å². The first kappa shape index (κ1) is 29.8. The Morgan fingerprint density at radius 2 is 0.463 bits per heavy atom. The summed E-state index contributed by atoms with van der Waals surface area (Å²) >= 11 is 0. The molecular weight excluding hydrogens is 603 g/mol. The summed E-state index contributed by atoms with van der Waals surface area (Å²) in [5.41, 5.74) is -10.0. The lowest BCUT2D eigenvalue weighted by Crippen LogP contribution is -2.79. The normalized spacial score (nSPS) is 11.9. The maximum atomic E-state index is 15.3. The summed E-state index contributed by atoms with van der Waals surface area (Å²) in [5.74, 6) is -48.0. The molecule has 0 atom stereocenters. The monoisotopic (exact) mass is 607 g/mol. The van der Waals surface area contributed by atoms with Crippen molar-refractivity contribution in [2.45, 2.75) is 0 Å². The van der Waals surface area contributed by atoms with Crippen LogP contribution in [-0.4, -0.2) is 6.15 Å². The maximum absolute atomic E-state index is 15.3. The highest BCUT2D eigenvalue weighted by atomic mass is 19.2. The molecule has 17 heteroatoms. The first-order chi connectivity index (χ1) is 19.0. The molecule has 0 amide bonds. The van der Waals surface area contributed by atoms with E-state index in [0.717, 1.165) is 0 Å². The van der Waals surface area contributed by atoms with Crippen LogP contribution >= 0.6 is 0 Å². The van der Waals surface area contributed by atoms with Gasteiger partial charge < -0.3 is 0 Å². The second kappa shape index (κ2) is 10.0. The quantitative estimate of drug-likeness (QED) is 0.128. The summed E-state index contributed by atoms with van der Waals surface area (Å²) in [6.45, 7) is 0. The zero-order valence-electron chi connectivity index (χ0n) is 18.9. The molecule has 0 radical (unpaired) electrons. The Labute approximate surface area is 216 Å². The first-order valence-corrected chi connectivity index (χ1v) is 10.5. The fraction of sp³-hybridized carbons (Fsp3) is 0. The van der Waals surface area contributed by atoms with Crippen molar-refractivity contribution in [3.63, 3.8) is 0 Å². The fourth-order valence-corrected chi connectivity index (χ4v) is 4.69. The van der Waals surface area contributed by atoms with Crippen LogP contribution in [0.3, 0.4) is 0 Å². The average molecular weight is 607 g/mol. The zero-order valence-corrected chi connectivity index (χ0v) is 18.9. The van der Waals surface area contributed by atoms with Crippen molar-refractivity contribution in [2.75, 3.05) is 0 Å². The van der Waals surface area contributed by atoms with Gasteiger partial charge in [-0.25, -0.2) is 70.2 Å². The first-order valence-electron chi connectivity index (χ1n) is 10.5. The molecule has 0 saturated heterocycles. The minimum Gasteiger partial charge on any atom is -0.207 e. The van der Waals surface area contributed by atoms with Gasteiger partial charge in [0.05, 0.1) is 0 Å². The molecule has 0 aromatic heterocycles. The Kier molecular flexibility index (Phi) is 7.29. The third kappa shape index (κ3) is 3.95. The Bertz CT molecular complexity index is 1490. The van der Waals surface area contributed by atoms with E-state index in [0.29, 0.717) is 0 Å². The Hall–Kier alpha value is -4.18. The molecule has 0 heterocycles. The average Bonchev–Trinajstić information content (AvgIpc) is 2.95. The summed E-state index contributed by atoms with van der Waals surface area (Å²) in [6, 6.07) is 0.416. The standard InChI is InChI=1S/C24H4BF16/c26-6-3-1-5(2-4-6)25(7-10(27)16(33)22(39)17(34)11(7)28,8-12(29)18(35)23(40)19(36)13(8)30)9-14(31)20(37)24(41)21(38)15(9)32/h1-4H/q-1. The summed E-state index contributed by atoms with van der Waals surface area (Å²) in [4.78, 5) is 0. The highest BCUT2D eigenvalue weighted by Crippen LogP contribution is 2.28. The molecule has 0 saturated carbocycles. The van der Waals surface area contributed by atoms with Crippen molar-refractivity contribution in [1.29, 1.82) is 0 Å². The predicted molar refractivity (Wildman–Crippen MR) is 109 cm³/mol. The molecule has 0 nitrogen and oxygen atoms in total. The molecule has 4 aromatic carbocycles. The maximum Gasteiger partial charge on any atom is 0.200 e. The Balaban J connectivity index is 2.55. The topological polar surface area (TPSA) is 0 Å². The van der Waals surface area contributed by atoms with Crippen molar-refractivity contribution < 1.29 is 70.2 Å². The third-order valence-corrected chi connectivity index (χ3v) is 6.40. The minimum atomic E-state index is -5.90. The lowest BCUT2D eigenvalue weighted by molar-refractivity contribution is 0.380.